The Balaban J connectivity index is 2.05. The van der Waals surface area contributed by atoms with E-state index >= 15 is 0 Å². The van der Waals surface area contributed by atoms with Gasteiger partial charge in [0.2, 0.25) is 11.0 Å². The fourth-order valence-electron chi connectivity index (χ4n) is 1.62. The molecule has 0 aromatic carbocycles. The van der Waals surface area contributed by atoms with Crippen LogP contribution in [-0.4, -0.2) is 28.2 Å². The molecule has 1 amide bonds. The van der Waals surface area contributed by atoms with E-state index in [0.29, 0.717) is 16.6 Å². The highest BCUT2D eigenvalue weighted by Crippen LogP contribution is 2.20. The van der Waals surface area contributed by atoms with E-state index in [1.54, 1.807) is 18.3 Å². The number of hydrogen-bond donors (Lipinski definition) is 1. The van der Waals surface area contributed by atoms with Crippen LogP contribution in [0.2, 0.25) is 0 Å². The van der Waals surface area contributed by atoms with Crippen molar-refractivity contribution in [2.45, 2.75) is 26.2 Å². The number of methoxy groups -OCH3 is 1. The predicted octanol–water partition coefficient (Wildman–Crippen LogP) is 2.54. The number of amides is 1. The average molecular weight is 292 g/mol. The van der Waals surface area contributed by atoms with Crippen LogP contribution in [0.1, 0.15) is 35.1 Å². The van der Waals surface area contributed by atoms with Crippen LogP contribution in [0.15, 0.2) is 18.3 Å². The summed E-state index contributed by atoms with van der Waals surface area (Å²) in [6, 6.07) is 3.34. The lowest BCUT2D eigenvalue weighted by Gasteiger charge is -2.05. The van der Waals surface area contributed by atoms with E-state index in [-0.39, 0.29) is 5.91 Å². The van der Waals surface area contributed by atoms with E-state index in [0.717, 1.165) is 24.3 Å². The van der Waals surface area contributed by atoms with Crippen molar-refractivity contribution in [3.63, 3.8) is 0 Å². The summed E-state index contributed by atoms with van der Waals surface area (Å²) in [6.45, 7) is 2.12. The number of aromatic nitrogens is 3. The Morgan fingerprint density at radius 2 is 2.30 bits per heavy atom. The van der Waals surface area contributed by atoms with E-state index in [1.165, 1.54) is 18.4 Å². The third-order valence-corrected chi connectivity index (χ3v) is 3.54. The molecule has 0 spiro atoms. The van der Waals surface area contributed by atoms with Gasteiger partial charge in [0.1, 0.15) is 10.6 Å². The highest BCUT2D eigenvalue weighted by molar-refractivity contribution is 7.15. The van der Waals surface area contributed by atoms with Gasteiger partial charge in [0, 0.05) is 12.6 Å². The lowest BCUT2D eigenvalue weighted by molar-refractivity contribution is 0.102. The quantitative estimate of drug-likeness (QED) is 0.885. The van der Waals surface area contributed by atoms with Crippen LogP contribution in [-0.2, 0) is 6.42 Å². The van der Waals surface area contributed by atoms with Crippen LogP contribution in [0, 0.1) is 0 Å². The number of carbonyl (C=O) groups excluding carboxylic acids is 1. The maximum atomic E-state index is 12.1. The molecular weight excluding hydrogens is 276 g/mol. The van der Waals surface area contributed by atoms with E-state index < -0.39 is 0 Å². The summed E-state index contributed by atoms with van der Waals surface area (Å²) in [5.41, 5.74) is 0.375. The van der Waals surface area contributed by atoms with E-state index in [9.17, 15) is 4.79 Å². The van der Waals surface area contributed by atoms with Gasteiger partial charge >= 0.3 is 0 Å². The second-order valence-electron chi connectivity index (χ2n) is 4.12. The lowest BCUT2D eigenvalue weighted by Crippen LogP contribution is -2.13. The molecule has 0 aliphatic heterocycles. The molecule has 2 rings (SSSR count). The van der Waals surface area contributed by atoms with Crippen molar-refractivity contribution in [1.29, 1.82) is 0 Å². The van der Waals surface area contributed by atoms with Gasteiger partial charge in [0.15, 0.2) is 0 Å². The summed E-state index contributed by atoms with van der Waals surface area (Å²) in [6.07, 6.45) is 4.64. The first-order chi connectivity index (χ1) is 9.74. The van der Waals surface area contributed by atoms with Crippen LogP contribution in [0.25, 0.3) is 0 Å². The van der Waals surface area contributed by atoms with Gasteiger partial charge in [-0.05, 0) is 18.6 Å². The molecule has 0 saturated carbocycles. The van der Waals surface area contributed by atoms with Crippen LogP contribution in [0.3, 0.4) is 0 Å². The molecule has 0 aliphatic rings. The smallest absolute Gasteiger partial charge is 0.262 e. The SMILES string of the molecule is CCCCc1nnc(NC(=O)c2cccnc2OC)s1. The Morgan fingerprint density at radius 3 is 3.05 bits per heavy atom. The fraction of sp³-hybridized carbons (Fsp3) is 0.385. The Kier molecular flexibility index (Phi) is 5.00. The number of unbranched alkanes of at least 4 members (excludes halogenated alkanes) is 1. The van der Waals surface area contributed by atoms with Crippen molar-refractivity contribution in [1.82, 2.24) is 15.2 Å². The number of nitrogens with zero attached hydrogens (tertiary/aromatic N) is 3. The number of rotatable bonds is 6. The molecule has 20 heavy (non-hydrogen) atoms. The van der Waals surface area contributed by atoms with Crippen LogP contribution >= 0.6 is 11.3 Å². The zero-order valence-corrected chi connectivity index (χ0v) is 12.2. The van der Waals surface area contributed by atoms with Crippen molar-refractivity contribution in [2.75, 3.05) is 12.4 Å². The minimum atomic E-state index is -0.298. The van der Waals surface area contributed by atoms with E-state index in [2.05, 4.69) is 27.4 Å². The molecule has 2 aromatic rings. The van der Waals surface area contributed by atoms with Crippen LogP contribution in [0.5, 0.6) is 5.88 Å². The molecule has 0 radical (unpaired) electrons. The third-order valence-electron chi connectivity index (χ3n) is 2.64. The van der Waals surface area contributed by atoms with Crippen molar-refractivity contribution < 1.29 is 9.53 Å². The number of pyridine rings is 1. The number of carbonyl (C=O) groups is 1. The average Bonchev–Trinajstić information content (AvgIpc) is 2.92. The van der Waals surface area contributed by atoms with E-state index in [1.807, 2.05) is 0 Å². The number of nitrogens with one attached hydrogen (secondary N) is 1. The maximum absolute atomic E-state index is 12.1. The maximum Gasteiger partial charge on any atom is 0.262 e. The molecule has 0 bridgehead atoms. The van der Waals surface area contributed by atoms with Gasteiger partial charge in [-0.1, -0.05) is 24.7 Å². The largest absolute Gasteiger partial charge is 0.480 e. The van der Waals surface area contributed by atoms with Gasteiger partial charge in [0.25, 0.3) is 5.91 Å². The second-order valence-corrected chi connectivity index (χ2v) is 5.18. The minimum Gasteiger partial charge on any atom is -0.480 e. The monoisotopic (exact) mass is 292 g/mol. The Labute approximate surface area is 121 Å². The highest BCUT2D eigenvalue weighted by atomic mass is 32.1. The summed E-state index contributed by atoms with van der Waals surface area (Å²) in [5, 5.41) is 12.2. The summed E-state index contributed by atoms with van der Waals surface area (Å²) in [5.74, 6) is -0.00568. The molecule has 2 aromatic heterocycles. The van der Waals surface area contributed by atoms with Gasteiger partial charge in [-0.25, -0.2) is 4.98 Å². The zero-order chi connectivity index (χ0) is 14.4. The summed E-state index contributed by atoms with van der Waals surface area (Å²) >= 11 is 1.39. The van der Waals surface area contributed by atoms with E-state index in [4.69, 9.17) is 4.74 Å². The summed E-state index contributed by atoms with van der Waals surface area (Å²) in [4.78, 5) is 16.1. The lowest BCUT2D eigenvalue weighted by atomic mass is 10.2. The van der Waals surface area contributed by atoms with Gasteiger partial charge in [-0.15, -0.1) is 10.2 Å². The van der Waals surface area contributed by atoms with Crippen LogP contribution in [0.4, 0.5) is 5.13 Å². The Bertz CT molecular complexity index is 585. The standard InChI is InChI=1S/C13H16N4O2S/c1-3-4-7-10-16-17-13(20-10)15-11(18)9-6-5-8-14-12(9)19-2/h5-6,8H,3-4,7H2,1-2H3,(H,15,17,18). The van der Waals surface area contributed by atoms with Crippen molar-refractivity contribution in [3.8, 4) is 5.88 Å². The molecule has 2 heterocycles. The predicted molar refractivity (Wildman–Crippen MR) is 77.3 cm³/mol. The summed E-state index contributed by atoms with van der Waals surface area (Å²) < 4.78 is 5.06. The van der Waals surface area contributed by atoms with Crippen molar-refractivity contribution in [2.24, 2.45) is 0 Å². The zero-order valence-electron chi connectivity index (χ0n) is 11.4. The molecule has 0 aliphatic carbocycles. The number of ether oxygens (including phenoxy) is 1. The summed E-state index contributed by atoms with van der Waals surface area (Å²) in [7, 11) is 1.48. The third kappa shape index (κ3) is 3.51. The first-order valence-electron chi connectivity index (χ1n) is 6.37. The van der Waals surface area contributed by atoms with Gasteiger partial charge in [-0.3, -0.25) is 10.1 Å². The molecule has 106 valence electrons. The molecule has 0 atom stereocenters. The fourth-order valence-corrected chi connectivity index (χ4v) is 2.40. The second kappa shape index (κ2) is 6.95. The molecular formula is C13H16N4O2S. The van der Waals surface area contributed by atoms with Crippen molar-refractivity contribution >= 4 is 22.4 Å². The van der Waals surface area contributed by atoms with Crippen LogP contribution < -0.4 is 10.1 Å². The normalized spacial score (nSPS) is 10.3. The topological polar surface area (TPSA) is 77.0 Å². The molecule has 7 heteroatoms. The van der Waals surface area contributed by atoms with Gasteiger partial charge in [-0.2, -0.15) is 0 Å². The number of hydrogen-bond acceptors (Lipinski definition) is 6. The molecule has 6 nitrogen and oxygen atoms in total. The minimum absolute atomic E-state index is 0.292. The van der Waals surface area contributed by atoms with Gasteiger partial charge in [0.05, 0.1) is 7.11 Å². The first-order valence-corrected chi connectivity index (χ1v) is 7.19. The molecule has 1 N–H and O–H groups in total. The Morgan fingerprint density at radius 1 is 1.45 bits per heavy atom. The molecule has 0 saturated heterocycles. The van der Waals surface area contributed by atoms with Gasteiger partial charge < -0.3 is 4.74 Å². The molecule has 0 unspecified atom stereocenters. The number of anilines is 1. The molecule has 0 fully saturated rings. The highest BCUT2D eigenvalue weighted by Gasteiger charge is 2.15. The Hall–Kier alpha value is -2.02. The van der Waals surface area contributed by atoms with Crippen molar-refractivity contribution in [3.05, 3.63) is 28.9 Å². The number of aryl methyl sites for hydroxylation is 1. The first kappa shape index (κ1) is 14.4.